The molecule has 0 spiro atoms. The molecule has 1 aliphatic heterocycles. The number of nitrogens with zero attached hydrogens (tertiary/aromatic N) is 1. The van der Waals surface area contributed by atoms with Gasteiger partial charge in [0.1, 0.15) is 0 Å². The van der Waals surface area contributed by atoms with Crippen molar-refractivity contribution in [1.82, 2.24) is 10.2 Å². The first-order chi connectivity index (χ1) is 16.7. The van der Waals surface area contributed by atoms with Gasteiger partial charge >= 0.3 is 0 Å². The predicted molar refractivity (Wildman–Crippen MR) is 153 cm³/mol. The third-order valence-corrected chi connectivity index (χ3v) is 10.2. The number of nitrogens with one attached hydrogen (secondary N) is 1. The Morgan fingerprint density at radius 3 is 2.63 bits per heavy atom. The highest BCUT2D eigenvalue weighted by Gasteiger charge is 2.40. The van der Waals surface area contributed by atoms with Crippen LogP contribution in [-0.2, 0) is 0 Å². The van der Waals surface area contributed by atoms with Crippen molar-refractivity contribution in [1.29, 1.82) is 0 Å². The highest BCUT2D eigenvalue weighted by Crippen LogP contribution is 2.45. The van der Waals surface area contributed by atoms with Gasteiger partial charge in [0.05, 0.1) is 0 Å². The Labute approximate surface area is 222 Å². The molecule has 3 aliphatic carbocycles. The lowest BCUT2D eigenvalue weighted by molar-refractivity contribution is 0.0115. The first kappa shape index (κ1) is 27.5. The smallest absolute Gasteiger partial charge is 0.0218 e. The van der Waals surface area contributed by atoms with Gasteiger partial charge in [-0.1, -0.05) is 69.2 Å². The van der Waals surface area contributed by atoms with Crippen LogP contribution < -0.4 is 5.32 Å². The average molecular weight is 501 g/mol. The summed E-state index contributed by atoms with van der Waals surface area (Å²) < 4.78 is 0. The third kappa shape index (κ3) is 7.48. The molecule has 35 heavy (non-hydrogen) atoms. The van der Waals surface area contributed by atoms with E-state index in [0.717, 1.165) is 41.0 Å². The Morgan fingerprint density at radius 2 is 1.94 bits per heavy atom. The van der Waals surface area contributed by atoms with Gasteiger partial charge in [0.15, 0.2) is 0 Å². The van der Waals surface area contributed by atoms with Gasteiger partial charge in [-0.05, 0) is 119 Å². The molecule has 0 radical (unpaired) electrons. The van der Waals surface area contributed by atoms with E-state index in [4.69, 9.17) is 11.6 Å². The molecule has 4 rings (SSSR count). The molecule has 1 N–H and O–H groups in total. The van der Waals surface area contributed by atoms with Gasteiger partial charge in [-0.15, -0.1) is 0 Å². The summed E-state index contributed by atoms with van der Waals surface area (Å²) in [6.07, 6.45) is 21.5. The van der Waals surface area contributed by atoms with E-state index in [1.807, 2.05) is 0 Å². The molecule has 4 aliphatic rings. The minimum atomic E-state index is 0.384. The summed E-state index contributed by atoms with van der Waals surface area (Å²) in [7, 11) is 0. The van der Waals surface area contributed by atoms with E-state index in [9.17, 15) is 0 Å². The Bertz CT molecular complexity index is 778. The molecule has 0 aromatic carbocycles. The second-order valence-electron chi connectivity index (χ2n) is 13.6. The van der Waals surface area contributed by atoms with E-state index in [2.05, 4.69) is 69.1 Å². The standard InChI is InChI=1S/C32H53ClN2/c1-23(2)31(34-20-25-9-7-11-28(19-25)27-10-6-8-24(3)18-27)21-35-17-16-30(32(4,5)22-35)26-12-14-29(33)15-13-26/h7,11,14,18,23,25-28,30-31,34H,6,8-10,12-13,15-17,19-22H2,1-5H3/t25?,26?,27?,28?,30-,31+/m1/s1. The zero-order valence-corrected chi connectivity index (χ0v) is 24.1. The topological polar surface area (TPSA) is 15.3 Å². The summed E-state index contributed by atoms with van der Waals surface area (Å²) in [6, 6.07) is 0.583. The Morgan fingerprint density at radius 1 is 1.11 bits per heavy atom. The Kier molecular flexibility index (Phi) is 9.66. The maximum absolute atomic E-state index is 6.28. The molecular weight excluding hydrogens is 448 g/mol. The lowest BCUT2D eigenvalue weighted by Crippen LogP contribution is -2.53. The highest BCUT2D eigenvalue weighted by atomic mass is 35.5. The zero-order chi connectivity index (χ0) is 25.0. The van der Waals surface area contributed by atoms with Crippen LogP contribution in [0.4, 0.5) is 0 Å². The molecule has 1 saturated heterocycles. The number of allylic oxidation sites excluding steroid dienone is 6. The normalized spacial score (nSPS) is 35.0. The van der Waals surface area contributed by atoms with Gasteiger partial charge in [-0.2, -0.15) is 0 Å². The van der Waals surface area contributed by atoms with Crippen molar-refractivity contribution in [3.05, 3.63) is 34.9 Å². The van der Waals surface area contributed by atoms with E-state index in [0.29, 0.717) is 17.4 Å². The first-order valence-corrected chi connectivity index (χ1v) is 15.2. The van der Waals surface area contributed by atoms with Crippen molar-refractivity contribution in [2.45, 2.75) is 98.4 Å². The summed E-state index contributed by atoms with van der Waals surface area (Å²) in [5.41, 5.74) is 2.00. The van der Waals surface area contributed by atoms with Crippen LogP contribution in [0, 0.1) is 40.9 Å². The number of hydrogen-bond donors (Lipinski definition) is 1. The molecule has 0 amide bonds. The molecule has 4 unspecified atom stereocenters. The molecule has 2 nitrogen and oxygen atoms in total. The molecular formula is C32H53ClN2. The van der Waals surface area contributed by atoms with Crippen LogP contribution >= 0.6 is 11.6 Å². The first-order valence-electron chi connectivity index (χ1n) is 14.9. The van der Waals surface area contributed by atoms with E-state index >= 15 is 0 Å². The largest absolute Gasteiger partial charge is 0.312 e. The van der Waals surface area contributed by atoms with Crippen molar-refractivity contribution in [2.75, 3.05) is 26.2 Å². The molecule has 0 bridgehead atoms. The fourth-order valence-corrected chi connectivity index (χ4v) is 7.98. The summed E-state index contributed by atoms with van der Waals surface area (Å²) in [5, 5.41) is 5.15. The summed E-state index contributed by atoms with van der Waals surface area (Å²) in [6.45, 7) is 17.1. The Balaban J connectivity index is 1.27. The summed E-state index contributed by atoms with van der Waals surface area (Å²) in [4.78, 5) is 2.78. The molecule has 0 aromatic heterocycles. The van der Waals surface area contributed by atoms with E-state index in [-0.39, 0.29) is 0 Å². The second-order valence-corrected chi connectivity index (χ2v) is 14.0. The monoisotopic (exact) mass is 500 g/mol. The second kappa shape index (κ2) is 12.3. The lowest BCUT2D eigenvalue weighted by Gasteiger charge is -2.49. The molecule has 0 aromatic rings. The van der Waals surface area contributed by atoms with Crippen molar-refractivity contribution < 1.29 is 0 Å². The average Bonchev–Trinajstić information content (AvgIpc) is 2.82. The van der Waals surface area contributed by atoms with Crippen LogP contribution in [0.5, 0.6) is 0 Å². The van der Waals surface area contributed by atoms with Crippen LogP contribution in [0.1, 0.15) is 92.4 Å². The predicted octanol–water partition coefficient (Wildman–Crippen LogP) is 8.20. The molecule has 6 atom stereocenters. The van der Waals surface area contributed by atoms with Gasteiger partial charge in [-0.25, -0.2) is 0 Å². The van der Waals surface area contributed by atoms with Crippen LogP contribution in [0.25, 0.3) is 0 Å². The fraction of sp³-hybridized carbons (Fsp3) is 0.812. The van der Waals surface area contributed by atoms with Gasteiger partial charge < -0.3 is 10.2 Å². The fourth-order valence-electron chi connectivity index (χ4n) is 7.79. The number of hydrogen-bond acceptors (Lipinski definition) is 2. The van der Waals surface area contributed by atoms with E-state index in [1.165, 1.54) is 77.5 Å². The maximum atomic E-state index is 6.28. The lowest BCUT2D eigenvalue weighted by atomic mass is 9.65. The van der Waals surface area contributed by atoms with Crippen molar-refractivity contribution in [2.24, 2.45) is 40.9 Å². The van der Waals surface area contributed by atoms with Crippen LogP contribution in [0.15, 0.2) is 34.9 Å². The summed E-state index contributed by atoms with van der Waals surface area (Å²) in [5.74, 6) is 4.64. The van der Waals surface area contributed by atoms with Gasteiger partial charge in [0, 0.05) is 24.2 Å². The van der Waals surface area contributed by atoms with Crippen LogP contribution in [0.3, 0.4) is 0 Å². The third-order valence-electron chi connectivity index (χ3n) is 9.90. The zero-order valence-electron chi connectivity index (χ0n) is 23.4. The van der Waals surface area contributed by atoms with Crippen LogP contribution in [-0.4, -0.2) is 37.1 Å². The van der Waals surface area contributed by atoms with Crippen LogP contribution in [0.2, 0.25) is 0 Å². The molecule has 0 saturated carbocycles. The van der Waals surface area contributed by atoms with Gasteiger partial charge in [-0.3, -0.25) is 0 Å². The minimum absolute atomic E-state index is 0.384. The van der Waals surface area contributed by atoms with Crippen molar-refractivity contribution in [3.8, 4) is 0 Å². The molecule has 198 valence electrons. The number of rotatable bonds is 8. The van der Waals surface area contributed by atoms with Gasteiger partial charge in [0.25, 0.3) is 0 Å². The van der Waals surface area contributed by atoms with Gasteiger partial charge in [0.2, 0.25) is 0 Å². The molecule has 1 heterocycles. The number of piperidine rings is 1. The molecule has 3 heteroatoms. The molecule has 1 fully saturated rings. The van der Waals surface area contributed by atoms with Crippen molar-refractivity contribution in [3.63, 3.8) is 0 Å². The van der Waals surface area contributed by atoms with E-state index < -0.39 is 0 Å². The number of halogens is 1. The SMILES string of the molecule is CC1=CC(C2C=CCC(CN[C@@H](CN3CC[C@H](C4CC=C(Cl)CC4)C(C)(C)C3)C(C)C)C2)CCC1. The number of likely N-dealkylation sites (tertiary alicyclic amines) is 1. The minimum Gasteiger partial charge on any atom is -0.312 e. The summed E-state index contributed by atoms with van der Waals surface area (Å²) >= 11 is 6.28. The Hall–Kier alpha value is -0.570. The van der Waals surface area contributed by atoms with Crippen molar-refractivity contribution >= 4 is 11.6 Å². The maximum Gasteiger partial charge on any atom is 0.0218 e. The highest BCUT2D eigenvalue weighted by molar-refractivity contribution is 6.29. The quantitative estimate of drug-likeness (QED) is 0.338. The van der Waals surface area contributed by atoms with E-state index in [1.54, 1.807) is 5.57 Å².